The summed E-state index contributed by atoms with van der Waals surface area (Å²) in [4.78, 5) is 0. The van der Waals surface area contributed by atoms with Crippen LogP contribution in [0.15, 0.2) is 29.8 Å². The van der Waals surface area contributed by atoms with Crippen molar-refractivity contribution in [2.45, 2.75) is 13.8 Å². The largest absolute Gasteiger partial charge is 0.192 e. The maximum absolute atomic E-state index is 8.72. The van der Waals surface area contributed by atoms with E-state index in [2.05, 4.69) is 0 Å². The van der Waals surface area contributed by atoms with Gasteiger partial charge in [-0.3, -0.25) is 0 Å². The zero-order valence-corrected chi connectivity index (χ0v) is 8.20. The monoisotopic (exact) mass is 182 g/mol. The number of allylic oxidation sites excluding steroid dienone is 2. The highest BCUT2D eigenvalue weighted by molar-refractivity contribution is 5.75. The predicted molar refractivity (Wildman–Crippen MR) is 55.0 cm³/mol. The molecule has 0 bridgehead atoms. The Bertz CT molecular complexity index is 440. The fourth-order valence-corrected chi connectivity index (χ4v) is 1.32. The van der Waals surface area contributed by atoms with Crippen molar-refractivity contribution in [1.29, 1.82) is 10.5 Å². The van der Waals surface area contributed by atoms with Crippen LogP contribution in [-0.4, -0.2) is 0 Å². The van der Waals surface area contributed by atoms with Gasteiger partial charge < -0.3 is 0 Å². The first-order valence-electron chi connectivity index (χ1n) is 4.27. The lowest BCUT2D eigenvalue weighted by molar-refractivity contribution is 1.39. The smallest absolute Gasteiger partial charge is 0.133 e. The summed E-state index contributed by atoms with van der Waals surface area (Å²) in [6.45, 7) is 3.76. The molecule has 0 saturated heterocycles. The van der Waals surface area contributed by atoms with Gasteiger partial charge in [-0.2, -0.15) is 10.5 Å². The van der Waals surface area contributed by atoms with Gasteiger partial charge in [0.05, 0.1) is 0 Å². The van der Waals surface area contributed by atoms with E-state index < -0.39 is 0 Å². The normalized spacial score (nSPS) is 8.57. The first-order chi connectivity index (χ1) is 6.70. The van der Waals surface area contributed by atoms with Crippen LogP contribution in [0.2, 0.25) is 0 Å². The lowest BCUT2D eigenvalue weighted by atomic mass is 9.98. The topological polar surface area (TPSA) is 47.6 Å². The van der Waals surface area contributed by atoms with E-state index in [4.69, 9.17) is 10.5 Å². The SMILES string of the molecule is CC(=C(C#N)C#N)c1ccccc1C. The van der Waals surface area contributed by atoms with Gasteiger partial charge in [0.1, 0.15) is 17.7 Å². The van der Waals surface area contributed by atoms with Crippen molar-refractivity contribution in [3.05, 3.63) is 41.0 Å². The van der Waals surface area contributed by atoms with Gasteiger partial charge in [-0.25, -0.2) is 0 Å². The average molecular weight is 182 g/mol. The summed E-state index contributed by atoms with van der Waals surface area (Å²) in [5, 5.41) is 17.4. The second-order valence-electron chi connectivity index (χ2n) is 3.04. The third-order valence-electron chi connectivity index (χ3n) is 2.15. The van der Waals surface area contributed by atoms with Crippen LogP contribution in [0, 0.1) is 29.6 Å². The molecule has 1 aromatic rings. The molecule has 0 N–H and O–H groups in total. The fraction of sp³-hybridized carbons (Fsp3) is 0.167. The Kier molecular flexibility index (Phi) is 3.05. The number of rotatable bonds is 1. The Hall–Kier alpha value is -2.06. The zero-order chi connectivity index (χ0) is 10.6. The van der Waals surface area contributed by atoms with Crippen molar-refractivity contribution in [3.63, 3.8) is 0 Å². The number of benzene rings is 1. The summed E-state index contributed by atoms with van der Waals surface area (Å²) in [6.07, 6.45) is 0. The van der Waals surface area contributed by atoms with E-state index in [0.29, 0.717) is 0 Å². The highest BCUT2D eigenvalue weighted by atomic mass is 14.3. The molecule has 0 unspecified atom stereocenters. The average Bonchev–Trinajstić information content (AvgIpc) is 2.20. The molecule has 0 amide bonds. The predicted octanol–water partition coefficient (Wildman–Crippen LogP) is 2.82. The van der Waals surface area contributed by atoms with E-state index >= 15 is 0 Å². The van der Waals surface area contributed by atoms with E-state index in [1.165, 1.54) is 0 Å². The molecule has 0 fully saturated rings. The Labute approximate surface area is 83.7 Å². The molecule has 1 rings (SSSR count). The molecule has 0 aliphatic carbocycles. The van der Waals surface area contributed by atoms with Crippen LogP contribution in [0.1, 0.15) is 18.1 Å². The quantitative estimate of drug-likeness (QED) is 0.627. The van der Waals surface area contributed by atoms with Crippen LogP contribution in [0.3, 0.4) is 0 Å². The van der Waals surface area contributed by atoms with Gasteiger partial charge in [-0.15, -0.1) is 0 Å². The molecular weight excluding hydrogens is 172 g/mol. The molecule has 0 radical (unpaired) electrons. The maximum atomic E-state index is 8.72. The summed E-state index contributed by atoms with van der Waals surface area (Å²) in [5.74, 6) is 0. The summed E-state index contributed by atoms with van der Waals surface area (Å²) in [7, 11) is 0. The van der Waals surface area contributed by atoms with Crippen molar-refractivity contribution >= 4 is 5.57 Å². The summed E-state index contributed by atoms with van der Waals surface area (Å²) in [6, 6.07) is 11.5. The van der Waals surface area contributed by atoms with Gasteiger partial charge in [0.15, 0.2) is 0 Å². The van der Waals surface area contributed by atoms with Gasteiger partial charge in [0.25, 0.3) is 0 Å². The molecule has 1 aromatic carbocycles. The molecule has 2 heteroatoms. The minimum absolute atomic E-state index is 0.180. The molecular formula is C12H10N2. The second-order valence-corrected chi connectivity index (χ2v) is 3.04. The van der Waals surface area contributed by atoms with E-state index in [0.717, 1.165) is 16.7 Å². The highest BCUT2D eigenvalue weighted by Crippen LogP contribution is 2.20. The van der Waals surface area contributed by atoms with Gasteiger partial charge in [0.2, 0.25) is 0 Å². The van der Waals surface area contributed by atoms with Crippen LogP contribution in [0.5, 0.6) is 0 Å². The van der Waals surface area contributed by atoms with Crippen molar-refractivity contribution in [2.75, 3.05) is 0 Å². The lowest BCUT2D eigenvalue weighted by Crippen LogP contribution is -1.88. The molecule has 0 heterocycles. The Morgan fingerprint density at radius 2 is 1.71 bits per heavy atom. The van der Waals surface area contributed by atoms with E-state index in [1.807, 2.05) is 43.3 Å². The molecule has 68 valence electrons. The molecule has 0 atom stereocenters. The van der Waals surface area contributed by atoms with E-state index in [1.54, 1.807) is 6.92 Å². The fourth-order valence-electron chi connectivity index (χ4n) is 1.32. The van der Waals surface area contributed by atoms with Crippen molar-refractivity contribution < 1.29 is 0 Å². The lowest BCUT2D eigenvalue weighted by Gasteiger charge is -2.04. The molecule has 14 heavy (non-hydrogen) atoms. The summed E-state index contributed by atoms with van der Waals surface area (Å²) >= 11 is 0. The number of nitrogens with zero attached hydrogens (tertiary/aromatic N) is 2. The summed E-state index contributed by atoms with van der Waals surface area (Å²) in [5.41, 5.74) is 2.96. The molecule has 0 saturated carbocycles. The Morgan fingerprint density at radius 1 is 1.14 bits per heavy atom. The maximum Gasteiger partial charge on any atom is 0.133 e. The van der Waals surface area contributed by atoms with Gasteiger partial charge in [0, 0.05) is 0 Å². The second kappa shape index (κ2) is 4.25. The van der Waals surface area contributed by atoms with Crippen LogP contribution in [0.4, 0.5) is 0 Å². The molecule has 2 nitrogen and oxygen atoms in total. The summed E-state index contributed by atoms with van der Waals surface area (Å²) < 4.78 is 0. The van der Waals surface area contributed by atoms with E-state index in [9.17, 15) is 0 Å². The van der Waals surface area contributed by atoms with Crippen LogP contribution in [-0.2, 0) is 0 Å². The van der Waals surface area contributed by atoms with Gasteiger partial charge >= 0.3 is 0 Å². The van der Waals surface area contributed by atoms with Crippen molar-refractivity contribution in [1.82, 2.24) is 0 Å². The van der Waals surface area contributed by atoms with Crippen LogP contribution >= 0.6 is 0 Å². The number of aryl methyl sites for hydroxylation is 1. The first-order valence-corrected chi connectivity index (χ1v) is 4.27. The number of hydrogen-bond donors (Lipinski definition) is 0. The zero-order valence-electron chi connectivity index (χ0n) is 8.20. The van der Waals surface area contributed by atoms with Gasteiger partial charge in [-0.05, 0) is 30.5 Å². The van der Waals surface area contributed by atoms with Crippen LogP contribution in [0.25, 0.3) is 5.57 Å². The highest BCUT2D eigenvalue weighted by Gasteiger charge is 2.05. The molecule has 0 aliphatic rings. The Morgan fingerprint density at radius 3 is 2.21 bits per heavy atom. The third-order valence-corrected chi connectivity index (χ3v) is 2.15. The molecule has 0 spiro atoms. The standard InChI is InChI=1S/C12H10N2/c1-9-5-3-4-6-12(9)10(2)11(7-13)8-14/h3-6H,1-2H3. The molecule has 0 aliphatic heterocycles. The minimum Gasteiger partial charge on any atom is -0.192 e. The number of hydrogen-bond acceptors (Lipinski definition) is 2. The Balaban J connectivity index is 3.35. The van der Waals surface area contributed by atoms with E-state index in [-0.39, 0.29) is 5.57 Å². The van der Waals surface area contributed by atoms with Crippen molar-refractivity contribution in [2.24, 2.45) is 0 Å². The minimum atomic E-state index is 0.180. The molecule has 0 aromatic heterocycles. The van der Waals surface area contributed by atoms with Crippen LogP contribution < -0.4 is 0 Å². The van der Waals surface area contributed by atoms with Crippen molar-refractivity contribution in [3.8, 4) is 12.1 Å². The third kappa shape index (κ3) is 1.81. The van der Waals surface area contributed by atoms with Gasteiger partial charge in [-0.1, -0.05) is 24.3 Å². The first kappa shape index (κ1) is 10.0. The number of nitriles is 2.